The van der Waals surface area contributed by atoms with Crippen LogP contribution in [0.5, 0.6) is 5.75 Å². The molecule has 2 aliphatic heterocycles. The first-order valence-electron chi connectivity index (χ1n) is 15.0. The maximum atomic E-state index is 14.0. The third-order valence-corrected chi connectivity index (χ3v) is 8.58. The van der Waals surface area contributed by atoms with Gasteiger partial charge in [-0.2, -0.15) is 0 Å². The molecule has 13 nitrogen and oxygen atoms in total. The number of fused-ring (bicyclic) bond motifs is 6. The van der Waals surface area contributed by atoms with E-state index in [1.807, 2.05) is 30.3 Å². The van der Waals surface area contributed by atoms with Gasteiger partial charge in [-0.1, -0.05) is 61.0 Å². The summed E-state index contributed by atoms with van der Waals surface area (Å²) in [7, 11) is 1.47. The molecular weight excluding hydrogens is 614 g/mol. The highest BCUT2D eigenvalue weighted by molar-refractivity contribution is 6.31. The van der Waals surface area contributed by atoms with Gasteiger partial charge in [-0.3, -0.25) is 19.2 Å². The van der Waals surface area contributed by atoms with Gasteiger partial charge >= 0.3 is 0 Å². The summed E-state index contributed by atoms with van der Waals surface area (Å²) >= 11 is 6.23. The standard InChI is InChI=1S/C32H34ClN7O6/c1-17(2)27-31(43)35-23(9-18-7-5-4-6-8-18)29(41)34-14-21-15-40(38-37-21)22-13-24(30(42)36-27)39(16-22)32(44)26-11-19-10-20(33)12-25(45-3)28(19)46-26/h4-8,10-12,15,17,22-24,27H,9,13-14,16H2,1-3H3,(H,34,41)(H,35,43)(H,36,42)/t22-,23+,24-,27-/m0/s1. The van der Waals surface area contributed by atoms with Crippen LogP contribution in [0.3, 0.4) is 0 Å². The molecule has 240 valence electrons. The molecule has 1 saturated heterocycles. The number of aromatic nitrogens is 3. The molecule has 4 bridgehead atoms. The lowest BCUT2D eigenvalue weighted by molar-refractivity contribution is -0.134. The highest BCUT2D eigenvalue weighted by Crippen LogP contribution is 2.35. The van der Waals surface area contributed by atoms with Crippen LogP contribution in [-0.2, 0) is 27.3 Å². The number of nitrogens with one attached hydrogen (secondary N) is 3. The number of ether oxygens (including phenoxy) is 1. The number of carbonyl (C=O) groups excluding carboxylic acids is 4. The Labute approximate surface area is 269 Å². The first kappa shape index (κ1) is 31.1. The second kappa shape index (κ2) is 12.8. The maximum Gasteiger partial charge on any atom is 0.290 e. The first-order chi connectivity index (χ1) is 22.1. The van der Waals surface area contributed by atoms with E-state index < -0.39 is 47.8 Å². The molecule has 0 spiro atoms. The number of hydrogen-bond donors (Lipinski definition) is 3. The van der Waals surface area contributed by atoms with Crippen molar-refractivity contribution in [3.8, 4) is 5.75 Å². The molecule has 2 aromatic heterocycles. The summed E-state index contributed by atoms with van der Waals surface area (Å²) in [6.07, 6.45) is 2.14. The number of amides is 4. The van der Waals surface area contributed by atoms with Crippen molar-refractivity contribution in [2.24, 2.45) is 5.92 Å². The van der Waals surface area contributed by atoms with E-state index in [4.69, 9.17) is 20.8 Å². The summed E-state index contributed by atoms with van der Waals surface area (Å²) in [5, 5.41) is 18.0. The van der Waals surface area contributed by atoms with E-state index in [2.05, 4.69) is 26.3 Å². The van der Waals surface area contributed by atoms with Crippen molar-refractivity contribution >= 4 is 46.2 Å². The molecule has 0 saturated carbocycles. The topological polar surface area (TPSA) is 161 Å². The van der Waals surface area contributed by atoms with Crippen LogP contribution in [-0.4, -0.2) is 75.3 Å². The second-order valence-corrected chi connectivity index (χ2v) is 12.3. The molecule has 0 radical (unpaired) electrons. The van der Waals surface area contributed by atoms with Crippen molar-refractivity contribution in [1.82, 2.24) is 35.8 Å². The predicted octanol–water partition coefficient (Wildman–Crippen LogP) is 2.64. The van der Waals surface area contributed by atoms with E-state index in [-0.39, 0.29) is 37.6 Å². The minimum atomic E-state index is -0.977. The molecule has 14 heteroatoms. The third kappa shape index (κ3) is 6.27. The molecular formula is C32H34ClN7O6. The van der Waals surface area contributed by atoms with Crippen LogP contribution >= 0.6 is 11.6 Å². The van der Waals surface area contributed by atoms with Crippen LogP contribution in [0, 0.1) is 5.92 Å². The Kier molecular flexibility index (Phi) is 8.67. The molecule has 4 aromatic rings. The fourth-order valence-corrected chi connectivity index (χ4v) is 6.16. The maximum absolute atomic E-state index is 14.0. The Balaban J connectivity index is 1.33. The van der Waals surface area contributed by atoms with Gasteiger partial charge in [0.2, 0.25) is 17.7 Å². The number of nitrogens with zero attached hydrogens (tertiary/aromatic N) is 4. The van der Waals surface area contributed by atoms with Crippen molar-refractivity contribution in [3.05, 3.63) is 76.8 Å². The van der Waals surface area contributed by atoms with Crippen LogP contribution < -0.4 is 20.7 Å². The highest BCUT2D eigenvalue weighted by atomic mass is 35.5. The minimum absolute atomic E-state index is 0.00678. The van der Waals surface area contributed by atoms with Crippen LogP contribution in [0.2, 0.25) is 5.02 Å². The predicted molar refractivity (Wildman–Crippen MR) is 167 cm³/mol. The van der Waals surface area contributed by atoms with Crippen molar-refractivity contribution in [2.45, 2.75) is 57.4 Å². The Morgan fingerprint density at radius 1 is 1.09 bits per heavy atom. The van der Waals surface area contributed by atoms with Crippen molar-refractivity contribution in [1.29, 1.82) is 0 Å². The first-order valence-corrected chi connectivity index (χ1v) is 15.4. The van der Waals surface area contributed by atoms with Gasteiger partial charge in [0.05, 0.1) is 25.9 Å². The molecule has 6 rings (SSSR count). The number of furan rings is 1. The molecule has 0 unspecified atom stereocenters. The van der Waals surface area contributed by atoms with Crippen molar-refractivity contribution in [2.75, 3.05) is 13.7 Å². The third-order valence-electron chi connectivity index (χ3n) is 8.36. The number of hydrogen-bond acceptors (Lipinski definition) is 8. The lowest BCUT2D eigenvalue weighted by Gasteiger charge is -2.28. The molecule has 1 fully saturated rings. The van der Waals surface area contributed by atoms with Gasteiger partial charge in [0.1, 0.15) is 23.8 Å². The molecule has 2 aromatic carbocycles. The zero-order valence-electron chi connectivity index (χ0n) is 25.5. The van der Waals surface area contributed by atoms with Gasteiger partial charge in [0.25, 0.3) is 5.91 Å². The van der Waals surface area contributed by atoms with Gasteiger partial charge in [0, 0.05) is 35.9 Å². The van der Waals surface area contributed by atoms with Gasteiger partial charge in [-0.15, -0.1) is 5.10 Å². The van der Waals surface area contributed by atoms with Crippen LogP contribution in [0.25, 0.3) is 11.0 Å². The zero-order chi connectivity index (χ0) is 32.5. The van der Waals surface area contributed by atoms with E-state index in [1.165, 1.54) is 12.0 Å². The van der Waals surface area contributed by atoms with E-state index in [1.54, 1.807) is 42.9 Å². The lowest BCUT2D eigenvalue weighted by atomic mass is 10.00. The fourth-order valence-electron chi connectivity index (χ4n) is 5.94. The zero-order valence-corrected chi connectivity index (χ0v) is 26.3. The number of halogens is 1. The largest absolute Gasteiger partial charge is 0.493 e. The van der Waals surface area contributed by atoms with Gasteiger partial charge in [-0.05, 0) is 23.6 Å². The summed E-state index contributed by atoms with van der Waals surface area (Å²) < 4.78 is 12.9. The quantitative estimate of drug-likeness (QED) is 0.298. The van der Waals surface area contributed by atoms with Crippen molar-refractivity contribution in [3.63, 3.8) is 0 Å². The summed E-state index contributed by atoms with van der Waals surface area (Å²) in [5.41, 5.74) is 1.69. The summed E-state index contributed by atoms with van der Waals surface area (Å²) in [6, 6.07) is 10.9. The van der Waals surface area contributed by atoms with E-state index >= 15 is 0 Å². The average molecular weight is 648 g/mol. The van der Waals surface area contributed by atoms with Crippen LogP contribution in [0.4, 0.5) is 0 Å². The fraction of sp³-hybridized carbons (Fsp3) is 0.375. The molecule has 4 atom stereocenters. The van der Waals surface area contributed by atoms with Gasteiger partial charge in [-0.25, -0.2) is 4.68 Å². The highest BCUT2D eigenvalue weighted by Gasteiger charge is 2.43. The SMILES string of the molecule is COc1cc(Cl)cc2cc(C(=O)N3C[C@@H]4C[C@H]3C(=O)N[C@@H](C(C)C)C(=O)N[C@H](Cc3ccccc3)C(=O)NCc3cn4nn3)oc12. The summed E-state index contributed by atoms with van der Waals surface area (Å²) in [4.78, 5) is 56.4. The van der Waals surface area contributed by atoms with Gasteiger partial charge < -0.3 is 30.0 Å². The summed E-state index contributed by atoms with van der Waals surface area (Å²) in [6.45, 7) is 3.80. The number of carbonyl (C=O) groups is 4. The lowest BCUT2D eigenvalue weighted by Crippen LogP contribution is -2.58. The van der Waals surface area contributed by atoms with E-state index in [0.717, 1.165) is 5.56 Å². The molecule has 46 heavy (non-hydrogen) atoms. The van der Waals surface area contributed by atoms with Gasteiger partial charge in [0.15, 0.2) is 17.1 Å². The number of rotatable bonds is 5. The van der Waals surface area contributed by atoms with E-state index in [0.29, 0.717) is 27.4 Å². The van der Waals surface area contributed by atoms with Crippen LogP contribution in [0.15, 0.2) is 59.1 Å². The number of benzene rings is 2. The number of likely N-dealkylation sites (tertiary alicyclic amines) is 1. The smallest absolute Gasteiger partial charge is 0.290 e. The molecule has 4 heterocycles. The van der Waals surface area contributed by atoms with Crippen LogP contribution in [0.1, 0.15) is 48.1 Å². The number of methoxy groups -OCH3 is 1. The molecule has 2 aliphatic rings. The average Bonchev–Trinajstić information content (AvgIpc) is 3.79. The molecule has 0 aliphatic carbocycles. The Morgan fingerprint density at radius 2 is 1.87 bits per heavy atom. The second-order valence-electron chi connectivity index (χ2n) is 11.9. The Bertz CT molecular complexity index is 1790. The molecule has 3 N–H and O–H groups in total. The molecule has 4 amide bonds. The van der Waals surface area contributed by atoms with E-state index in [9.17, 15) is 19.2 Å². The monoisotopic (exact) mass is 647 g/mol. The Hall–Kier alpha value is -4.91. The normalized spacial score (nSPS) is 22.2. The Morgan fingerprint density at radius 3 is 2.61 bits per heavy atom. The summed E-state index contributed by atoms with van der Waals surface area (Å²) in [5.74, 6) is -1.88. The minimum Gasteiger partial charge on any atom is -0.493 e. The van der Waals surface area contributed by atoms with Crippen molar-refractivity contribution < 1.29 is 28.3 Å².